The largest absolute Gasteiger partial charge is 0.495 e. The van der Waals surface area contributed by atoms with Crippen molar-refractivity contribution in [3.05, 3.63) is 98.9 Å². The molecular formula is C26H26FN5O2. The Balaban J connectivity index is 1.64. The maximum absolute atomic E-state index is 13.6. The Kier molecular flexibility index (Phi) is 5.65. The van der Waals surface area contributed by atoms with E-state index < -0.39 is 0 Å². The topological polar surface area (TPSA) is 66.3 Å². The first kappa shape index (κ1) is 21.9. The molecule has 5 rings (SSSR count). The summed E-state index contributed by atoms with van der Waals surface area (Å²) >= 11 is 0. The molecule has 8 heteroatoms. The van der Waals surface area contributed by atoms with Gasteiger partial charge in [0, 0.05) is 19.3 Å². The molecule has 3 heterocycles. The van der Waals surface area contributed by atoms with E-state index in [0.29, 0.717) is 29.8 Å². The maximum Gasteiger partial charge on any atom is 0.277 e. The van der Waals surface area contributed by atoms with Crippen LogP contribution in [0.2, 0.25) is 0 Å². The number of hydrogen-bond acceptors (Lipinski definition) is 4. The first-order valence-corrected chi connectivity index (χ1v) is 11.3. The summed E-state index contributed by atoms with van der Waals surface area (Å²) in [6.07, 6.45) is 6.43. The van der Waals surface area contributed by atoms with Crippen LogP contribution < -0.4 is 21.3 Å². The van der Waals surface area contributed by atoms with Gasteiger partial charge in [-0.3, -0.25) is 14.4 Å². The van der Waals surface area contributed by atoms with Crippen LogP contribution in [0.5, 0.6) is 5.75 Å². The molecule has 0 radical (unpaired) electrons. The molecule has 0 aliphatic carbocycles. The number of aryl methyl sites for hydroxylation is 1. The zero-order valence-corrected chi connectivity index (χ0v) is 19.4. The molecule has 1 aliphatic heterocycles. The average molecular weight is 460 g/mol. The van der Waals surface area contributed by atoms with Gasteiger partial charge in [-0.2, -0.15) is 0 Å². The van der Waals surface area contributed by atoms with Gasteiger partial charge in [0.2, 0.25) is 5.62 Å². The standard InChI is InChI=1S/C26H26FN5O2/c1-17-15-30(16-29-17)22-10-5-19(14-24(22)34-3)13-23-25(33)32(26-28-11-4-12-31(23)26)18(2)20-6-8-21(27)9-7-20/h5-10,13-16,18H,4,11-12H2,1-3H3/b23-13-/t18-/m0/s1. The van der Waals surface area contributed by atoms with Crippen molar-refractivity contribution < 1.29 is 9.13 Å². The summed E-state index contributed by atoms with van der Waals surface area (Å²) in [5, 5.41) is 0.570. The molecule has 0 amide bonds. The summed E-state index contributed by atoms with van der Waals surface area (Å²) < 4.78 is 24.7. The van der Waals surface area contributed by atoms with Gasteiger partial charge < -0.3 is 13.9 Å². The van der Waals surface area contributed by atoms with Crippen LogP contribution >= 0.6 is 0 Å². The van der Waals surface area contributed by atoms with Crippen molar-refractivity contribution in [1.82, 2.24) is 18.7 Å². The molecule has 0 saturated heterocycles. The highest BCUT2D eigenvalue weighted by Crippen LogP contribution is 2.25. The van der Waals surface area contributed by atoms with Crippen molar-refractivity contribution >= 4 is 6.08 Å². The summed E-state index contributed by atoms with van der Waals surface area (Å²) in [6, 6.07) is 11.8. The van der Waals surface area contributed by atoms with Gasteiger partial charge in [-0.15, -0.1) is 0 Å². The minimum atomic E-state index is -0.302. The van der Waals surface area contributed by atoms with Gasteiger partial charge in [0.15, 0.2) is 0 Å². The lowest BCUT2D eigenvalue weighted by atomic mass is 10.1. The summed E-state index contributed by atoms with van der Waals surface area (Å²) in [7, 11) is 1.63. The minimum Gasteiger partial charge on any atom is -0.495 e. The van der Waals surface area contributed by atoms with E-state index in [1.807, 2.05) is 53.5 Å². The Morgan fingerprint density at radius 2 is 1.97 bits per heavy atom. The number of halogens is 1. The van der Waals surface area contributed by atoms with Crippen LogP contribution in [-0.2, 0) is 6.54 Å². The van der Waals surface area contributed by atoms with Crippen LogP contribution in [0.3, 0.4) is 0 Å². The van der Waals surface area contributed by atoms with Gasteiger partial charge in [-0.1, -0.05) is 18.2 Å². The van der Waals surface area contributed by atoms with Gasteiger partial charge in [-0.25, -0.2) is 9.37 Å². The molecule has 0 bridgehead atoms. The Bertz CT molecular complexity index is 1530. The van der Waals surface area contributed by atoms with Crippen LogP contribution in [0, 0.1) is 12.7 Å². The number of imidazole rings is 2. The summed E-state index contributed by atoms with van der Waals surface area (Å²) in [4.78, 5) is 22.6. The number of ether oxygens (including phenoxy) is 1. The Labute approximate surface area is 196 Å². The third-order valence-corrected chi connectivity index (χ3v) is 6.22. The number of methoxy groups -OCH3 is 1. The Morgan fingerprint density at radius 1 is 1.18 bits per heavy atom. The predicted molar refractivity (Wildman–Crippen MR) is 128 cm³/mol. The number of benzene rings is 2. The molecule has 0 spiro atoms. The molecule has 174 valence electrons. The molecule has 2 aromatic carbocycles. The molecule has 7 nitrogen and oxygen atoms in total. The normalized spacial score (nSPS) is 14.5. The first-order valence-electron chi connectivity index (χ1n) is 11.3. The lowest BCUT2D eigenvalue weighted by molar-refractivity contribution is 0.413. The maximum atomic E-state index is 13.6. The van der Waals surface area contributed by atoms with E-state index in [4.69, 9.17) is 4.74 Å². The highest BCUT2D eigenvalue weighted by molar-refractivity contribution is 5.58. The van der Waals surface area contributed by atoms with E-state index in [1.54, 1.807) is 30.1 Å². The molecule has 1 aliphatic rings. The highest BCUT2D eigenvalue weighted by Gasteiger charge is 2.20. The van der Waals surface area contributed by atoms with E-state index >= 15 is 0 Å². The SMILES string of the molecule is COc1cc(/C=c2/c(=O)n([C@@H](C)c3ccc(F)cc3)c3n2CCCN=3)ccc1-n1cnc(C)c1. The van der Waals surface area contributed by atoms with Gasteiger partial charge in [0.25, 0.3) is 5.56 Å². The average Bonchev–Trinajstić information content (AvgIpc) is 3.40. The van der Waals surface area contributed by atoms with E-state index in [1.165, 1.54) is 12.1 Å². The lowest BCUT2D eigenvalue weighted by Gasteiger charge is -2.15. The number of aromatic nitrogens is 4. The molecule has 0 saturated carbocycles. The van der Waals surface area contributed by atoms with Crippen LogP contribution in [0.25, 0.3) is 11.8 Å². The zero-order chi connectivity index (χ0) is 23.8. The fraction of sp³-hybridized carbons (Fsp3) is 0.269. The number of fused-ring (bicyclic) bond motifs is 1. The smallest absolute Gasteiger partial charge is 0.277 e. The second-order valence-electron chi connectivity index (χ2n) is 8.47. The molecule has 0 fully saturated rings. The molecule has 4 aromatic rings. The van der Waals surface area contributed by atoms with E-state index in [0.717, 1.165) is 28.9 Å². The molecule has 2 aromatic heterocycles. The van der Waals surface area contributed by atoms with E-state index in [9.17, 15) is 9.18 Å². The van der Waals surface area contributed by atoms with Crippen LogP contribution in [0.1, 0.15) is 36.2 Å². The van der Waals surface area contributed by atoms with Crippen LogP contribution in [-0.4, -0.2) is 32.3 Å². The molecule has 34 heavy (non-hydrogen) atoms. The quantitative estimate of drug-likeness (QED) is 0.461. The monoisotopic (exact) mass is 459 g/mol. The van der Waals surface area contributed by atoms with Gasteiger partial charge in [0.05, 0.1) is 30.9 Å². The highest BCUT2D eigenvalue weighted by atomic mass is 19.1. The van der Waals surface area contributed by atoms with Gasteiger partial charge in [0.1, 0.15) is 16.9 Å². The second kappa shape index (κ2) is 8.78. The van der Waals surface area contributed by atoms with Crippen molar-refractivity contribution in [3.8, 4) is 11.4 Å². The van der Waals surface area contributed by atoms with Gasteiger partial charge in [-0.05, 0) is 61.7 Å². The number of hydrogen-bond donors (Lipinski definition) is 0. The zero-order valence-electron chi connectivity index (χ0n) is 19.4. The summed E-state index contributed by atoms with van der Waals surface area (Å²) in [5.41, 5.74) is 4.02. The van der Waals surface area contributed by atoms with Gasteiger partial charge >= 0.3 is 0 Å². The van der Waals surface area contributed by atoms with E-state index in [-0.39, 0.29) is 17.4 Å². The third kappa shape index (κ3) is 3.85. The number of nitrogens with zero attached hydrogens (tertiary/aromatic N) is 5. The third-order valence-electron chi connectivity index (χ3n) is 6.22. The molecule has 0 unspecified atom stereocenters. The Hall–Kier alpha value is -3.94. The van der Waals surface area contributed by atoms with Crippen molar-refractivity contribution in [2.45, 2.75) is 32.9 Å². The van der Waals surface area contributed by atoms with Crippen LogP contribution in [0.15, 0.2) is 64.8 Å². The molecule has 1 atom stereocenters. The summed E-state index contributed by atoms with van der Waals surface area (Å²) in [5.74, 6) is 0.380. The van der Waals surface area contributed by atoms with Crippen molar-refractivity contribution in [1.29, 1.82) is 0 Å². The summed E-state index contributed by atoms with van der Waals surface area (Å²) in [6.45, 7) is 5.26. The minimum absolute atomic E-state index is 0.120. The van der Waals surface area contributed by atoms with E-state index in [2.05, 4.69) is 9.98 Å². The molecule has 0 N–H and O–H groups in total. The first-order chi connectivity index (χ1) is 16.5. The van der Waals surface area contributed by atoms with Crippen LogP contribution in [0.4, 0.5) is 4.39 Å². The fourth-order valence-corrected chi connectivity index (χ4v) is 4.44. The predicted octanol–water partition coefficient (Wildman–Crippen LogP) is 2.75. The molecular weight excluding hydrogens is 433 g/mol. The van der Waals surface area contributed by atoms with Crippen molar-refractivity contribution in [2.75, 3.05) is 13.7 Å². The van der Waals surface area contributed by atoms with Crippen molar-refractivity contribution in [3.63, 3.8) is 0 Å². The number of rotatable bonds is 5. The Morgan fingerprint density at radius 3 is 2.68 bits per heavy atom. The lowest BCUT2D eigenvalue weighted by Crippen LogP contribution is -2.35. The second-order valence-corrected chi connectivity index (χ2v) is 8.47. The van der Waals surface area contributed by atoms with Crippen molar-refractivity contribution in [2.24, 2.45) is 4.99 Å². The fourth-order valence-electron chi connectivity index (χ4n) is 4.44.